The number of hydrogen-bond acceptors (Lipinski definition) is 4. The first-order valence-corrected chi connectivity index (χ1v) is 5.74. The average molecular weight is 246 g/mol. The zero-order chi connectivity index (χ0) is 12.3. The molecule has 0 aliphatic carbocycles. The Labute approximate surface area is 103 Å². The van der Waals surface area contributed by atoms with E-state index in [0.717, 1.165) is 17.3 Å². The topological polar surface area (TPSA) is 72.2 Å². The predicted octanol–water partition coefficient (Wildman–Crippen LogP) is 2.15. The SMILES string of the molecule is Nc1cccc(C=CC=C2SC(=O)NC2=O)c1. The highest BCUT2D eigenvalue weighted by molar-refractivity contribution is 8.18. The molecule has 0 bridgehead atoms. The van der Waals surface area contributed by atoms with Crippen LogP contribution in [0.3, 0.4) is 0 Å². The maximum Gasteiger partial charge on any atom is 0.290 e. The average Bonchev–Trinajstić information content (AvgIpc) is 2.58. The Balaban J connectivity index is 2.10. The number of allylic oxidation sites excluding steroid dienone is 2. The molecule has 1 aliphatic rings. The molecular weight excluding hydrogens is 236 g/mol. The van der Waals surface area contributed by atoms with Gasteiger partial charge in [0, 0.05) is 5.69 Å². The van der Waals surface area contributed by atoms with Crippen LogP contribution < -0.4 is 11.1 Å². The van der Waals surface area contributed by atoms with E-state index in [1.165, 1.54) is 0 Å². The molecule has 1 heterocycles. The van der Waals surface area contributed by atoms with Crippen molar-refractivity contribution in [2.75, 3.05) is 5.73 Å². The van der Waals surface area contributed by atoms with Crippen molar-refractivity contribution in [3.05, 3.63) is 46.9 Å². The number of imide groups is 1. The smallest absolute Gasteiger partial charge is 0.290 e. The van der Waals surface area contributed by atoms with Gasteiger partial charge in [0.15, 0.2) is 0 Å². The Morgan fingerprint density at radius 3 is 2.76 bits per heavy atom. The number of benzene rings is 1. The van der Waals surface area contributed by atoms with E-state index >= 15 is 0 Å². The number of carbonyl (C=O) groups excluding carboxylic acids is 2. The summed E-state index contributed by atoms with van der Waals surface area (Å²) in [6, 6.07) is 7.37. The second-order valence-corrected chi connectivity index (χ2v) is 4.42. The molecule has 0 atom stereocenters. The molecule has 1 saturated heterocycles. The highest BCUT2D eigenvalue weighted by atomic mass is 32.2. The van der Waals surface area contributed by atoms with Gasteiger partial charge < -0.3 is 5.73 Å². The molecule has 0 radical (unpaired) electrons. The molecule has 1 fully saturated rings. The largest absolute Gasteiger partial charge is 0.399 e. The van der Waals surface area contributed by atoms with E-state index in [9.17, 15) is 9.59 Å². The van der Waals surface area contributed by atoms with Crippen LogP contribution in [0.1, 0.15) is 5.56 Å². The first-order chi connectivity index (χ1) is 8.15. The van der Waals surface area contributed by atoms with Crippen molar-refractivity contribution in [3.63, 3.8) is 0 Å². The standard InChI is InChI=1S/C12H10N2O2S/c13-9-5-1-3-8(7-9)4-2-6-10-11(15)14-12(16)17-10/h1-7H,13H2,(H,14,15,16). The quantitative estimate of drug-likeness (QED) is 0.619. The van der Waals surface area contributed by atoms with Gasteiger partial charge in [0.25, 0.3) is 11.1 Å². The van der Waals surface area contributed by atoms with Crippen molar-refractivity contribution in [1.29, 1.82) is 0 Å². The third kappa shape index (κ3) is 2.98. The van der Waals surface area contributed by atoms with Gasteiger partial charge in [-0.3, -0.25) is 14.9 Å². The number of rotatable bonds is 2. The van der Waals surface area contributed by atoms with Gasteiger partial charge in [0.05, 0.1) is 4.91 Å². The fraction of sp³-hybridized carbons (Fsp3) is 0. The summed E-state index contributed by atoms with van der Waals surface area (Å²) in [7, 11) is 0. The van der Waals surface area contributed by atoms with E-state index < -0.39 is 0 Å². The third-order valence-electron chi connectivity index (χ3n) is 2.09. The highest BCUT2D eigenvalue weighted by Crippen LogP contribution is 2.22. The molecule has 2 amide bonds. The molecule has 3 N–H and O–H groups in total. The lowest BCUT2D eigenvalue weighted by molar-refractivity contribution is -0.115. The number of nitrogen functional groups attached to an aromatic ring is 1. The molecule has 4 nitrogen and oxygen atoms in total. The maximum atomic E-state index is 11.2. The maximum absolute atomic E-state index is 11.2. The predicted molar refractivity (Wildman–Crippen MR) is 69.1 cm³/mol. The van der Waals surface area contributed by atoms with Gasteiger partial charge in [-0.05, 0) is 35.5 Å². The van der Waals surface area contributed by atoms with Crippen LogP contribution in [0.5, 0.6) is 0 Å². The van der Waals surface area contributed by atoms with Gasteiger partial charge in [-0.25, -0.2) is 0 Å². The minimum absolute atomic E-state index is 0.335. The second kappa shape index (κ2) is 4.88. The van der Waals surface area contributed by atoms with Crippen LogP contribution in [0.15, 0.2) is 41.3 Å². The molecule has 1 aliphatic heterocycles. The highest BCUT2D eigenvalue weighted by Gasteiger charge is 2.24. The number of hydrogen-bond donors (Lipinski definition) is 2. The summed E-state index contributed by atoms with van der Waals surface area (Å²) in [5, 5.41) is 1.85. The summed E-state index contributed by atoms with van der Waals surface area (Å²) in [6.45, 7) is 0. The molecule has 86 valence electrons. The minimum Gasteiger partial charge on any atom is -0.399 e. The Kier molecular flexibility index (Phi) is 3.30. The van der Waals surface area contributed by atoms with Gasteiger partial charge in [-0.2, -0.15) is 0 Å². The summed E-state index contributed by atoms with van der Waals surface area (Å²) in [5.74, 6) is -0.350. The van der Waals surface area contributed by atoms with Crippen molar-refractivity contribution in [2.24, 2.45) is 0 Å². The summed E-state index contributed by atoms with van der Waals surface area (Å²) in [6.07, 6.45) is 5.14. The lowest BCUT2D eigenvalue weighted by Gasteiger charge is -1.94. The van der Waals surface area contributed by atoms with Crippen molar-refractivity contribution in [1.82, 2.24) is 5.32 Å². The number of thioether (sulfide) groups is 1. The van der Waals surface area contributed by atoms with Crippen LogP contribution >= 0.6 is 11.8 Å². The molecule has 1 aromatic carbocycles. The van der Waals surface area contributed by atoms with Crippen molar-refractivity contribution < 1.29 is 9.59 Å². The fourth-order valence-electron chi connectivity index (χ4n) is 1.35. The number of nitrogens with two attached hydrogens (primary N) is 1. The summed E-state index contributed by atoms with van der Waals surface area (Å²) in [4.78, 5) is 22.5. The minimum atomic E-state index is -0.350. The lowest BCUT2D eigenvalue weighted by atomic mass is 10.2. The molecular formula is C12H10N2O2S. The molecule has 1 aromatic rings. The van der Waals surface area contributed by atoms with Gasteiger partial charge in [-0.1, -0.05) is 24.3 Å². The summed E-state index contributed by atoms with van der Waals surface area (Å²) >= 11 is 0.898. The Morgan fingerprint density at radius 2 is 2.12 bits per heavy atom. The van der Waals surface area contributed by atoms with Crippen LogP contribution in [0.2, 0.25) is 0 Å². The molecule has 0 saturated carbocycles. The van der Waals surface area contributed by atoms with Crippen molar-refractivity contribution >= 4 is 34.7 Å². The zero-order valence-electron chi connectivity index (χ0n) is 8.84. The van der Waals surface area contributed by atoms with E-state index in [0.29, 0.717) is 10.6 Å². The molecule has 17 heavy (non-hydrogen) atoms. The van der Waals surface area contributed by atoms with Gasteiger partial charge >= 0.3 is 0 Å². The third-order valence-corrected chi connectivity index (χ3v) is 2.92. The van der Waals surface area contributed by atoms with Gasteiger partial charge in [0.2, 0.25) is 0 Å². The van der Waals surface area contributed by atoms with E-state index in [2.05, 4.69) is 5.32 Å². The number of amides is 2. The van der Waals surface area contributed by atoms with Gasteiger partial charge in [-0.15, -0.1) is 0 Å². The molecule has 5 heteroatoms. The first-order valence-electron chi connectivity index (χ1n) is 4.92. The summed E-state index contributed by atoms with van der Waals surface area (Å²) < 4.78 is 0. The summed E-state index contributed by atoms with van der Waals surface area (Å²) in [5.41, 5.74) is 7.26. The van der Waals surface area contributed by atoms with E-state index in [1.54, 1.807) is 18.2 Å². The fourth-order valence-corrected chi connectivity index (χ4v) is 1.98. The number of carbonyl (C=O) groups is 2. The molecule has 0 aromatic heterocycles. The number of nitrogens with one attached hydrogen (secondary N) is 1. The first kappa shape index (κ1) is 11.5. The Bertz CT molecular complexity index is 535. The normalized spacial score (nSPS) is 18.0. The van der Waals surface area contributed by atoms with Crippen LogP contribution in [0.4, 0.5) is 10.5 Å². The van der Waals surface area contributed by atoms with Crippen LogP contribution in [0.25, 0.3) is 6.08 Å². The zero-order valence-corrected chi connectivity index (χ0v) is 9.66. The van der Waals surface area contributed by atoms with E-state index in [1.807, 2.05) is 24.3 Å². The van der Waals surface area contributed by atoms with Crippen molar-refractivity contribution in [3.8, 4) is 0 Å². The Morgan fingerprint density at radius 1 is 1.29 bits per heavy atom. The molecule has 0 unspecified atom stereocenters. The number of anilines is 1. The van der Waals surface area contributed by atoms with Gasteiger partial charge in [0.1, 0.15) is 0 Å². The van der Waals surface area contributed by atoms with Crippen LogP contribution in [0, 0.1) is 0 Å². The van der Waals surface area contributed by atoms with Crippen molar-refractivity contribution in [2.45, 2.75) is 0 Å². The van der Waals surface area contributed by atoms with Crippen LogP contribution in [-0.2, 0) is 4.79 Å². The van der Waals surface area contributed by atoms with E-state index in [4.69, 9.17) is 5.73 Å². The second-order valence-electron chi connectivity index (χ2n) is 3.40. The molecule has 2 rings (SSSR count). The molecule has 0 spiro atoms. The Hall–Kier alpha value is -2.01. The van der Waals surface area contributed by atoms with Crippen LogP contribution in [-0.4, -0.2) is 11.1 Å². The van der Waals surface area contributed by atoms with E-state index in [-0.39, 0.29) is 11.1 Å². The lowest BCUT2D eigenvalue weighted by Crippen LogP contribution is -2.17. The monoisotopic (exact) mass is 246 g/mol.